The van der Waals surface area contributed by atoms with Gasteiger partial charge in [-0.25, -0.2) is 0 Å². The van der Waals surface area contributed by atoms with Crippen LogP contribution in [0.25, 0.3) is 10.8 Å². The number of allylic oxidation sites excluding steroid dienone is 2. The van der Waals surface area contributed by atoms with Gasteiger partial charge in [0.25, 0.3) is 5.78 Å². The van der Waals surface area contributed by atoms with Crippen LogP contribution in [0.4, 0.5) is 5.69 Å². The van der Waals surface area contributed by atoms with Crippen molar-refractivity contribution in [1.82, 2.24) is 0 Å². The molecule has 272 valence electrons. The van der Waals surface area contributed by atoms with Crippen molar-refractivity contribution in [3.05, 3.63) is 53.3 Å². The molecule has 10 unspecified atom stereocenters. The monoisotopic (exact) mass is 695 g/mol. The maximum absolute atomic E-state index is 14.2. The molecule has 0 spiro atoms. The summed E-state index contributed by atoms with van der Waals surface area (Å²) in [5.74, 6) is -4.09. The van der Waals surface area contributed by atoms with Gasteiger partial charge in [0.1, 0.15) is 23.4 Å². The standard InChI is InChI=1S/C38H49NO11/c1-17-12-11-13-18(2)37-39-24-16-25(41)27-28(35(24)49-37)33(46-10)22(6)34-29(27)36(44)38(8,50-34)47-15-14-26(45-9)19(3)32(48-23(7)40)21(5)31(43)20(4)30(17)42/h11-17,19-21,26,30-32,37,39,41-43H,1-10H3/b12-11+,15-14+,18-13?. The van der Waals surface area contributed by atoms with E-state index < -0.39 is 65.9 Å². The Morgan fingerprint density at radius 3 is 2.32 bits per heavy atom. The summed E-state index contributed by atoms with van der Waals surface area (Å²) in [5, 5.41) is 38.1. The predicted octanol–water partition coefficient (Wildman–Crippen LogP) is 5.54. The Balaban J connectivity index is 1.65. The molecule has 0 aromatic heterocycles. The predicted molar refractivity (Wildman–Crippen MR) is 186 cm³/mol. The number of esters is 1. The summed E-state index contributed by atoms with van der Waals surface area (Å²) in [6.07, 6.45) is 4.32. The number of carbonyl (C=O) groups is 2. The number of phenolic OH excluding ortho intramolecular Hbond substituents is 1. The number of benzene rings is 2. The minimum Gasteiger partial charge on any atom is -0.507 e. The molecule has 0 saturated carbocycles. The van der Waals surface area contributed by atoms with Crippen molar-refractivity contribution in [2.75, 3.05) is 19.5 Å². The van der Waals surface area contributed by atoms with E-state index in [0.717, 1.165) is 5.57 Å². The lowest BCUT2D eigenvalue weighted by atomic mass is 9.78. The summed E-state index contributed by atoms with van der Waals surface area (Å²) >= 11 is 0. The first kappa shape index (κ1) is 37.0. The number of methoxy groups -OCH3 is 2. The molecule has 3 heterocycles. The number of aliphatic hydroxyl groups is 2. The third-order valence-electron chi connectivity index (χ3n) is 10.3. The number of anilines is 1. The van der Waals surface area contributed by atoms with Crippen molar-refractivity contribution < 1.29 is 53.3 Å². The van der Waals surface area contributed by atoms with Gasteiger partial charge in [-0.05, 0) is 25.5 Å². The lowest BCUT2D eigenvalue weighted by Crippen LogP contribution is -2.46. The summed E-state index contributed by atoms with van der Waals surface area (Å²) in [6.45, 7) is 13.6. The molecule has 0 radical (unpaired) electrons. The van der Waals surface area contributed by atoms with Crippen LogP contribution in [0.5, 0.6) is 23.0 Å². The second kappa shape index (κ2) is 14.2. The number of nitrogens with one attached hydrogen (secondary N) is 1. The molecule has 0 fully saturated rings. The van der Waals surface area contributed by atoms with Gasteiger partial charge < -0.3 is 49.1 Å². The Morgan fingerprint density at radius 1 is 0.980 bits per heavy atom. The van der Waals surface area contributed by atoms with Crippen molar-refractivity contribution in [1.29, 1.82) is 0 Å². The quantitative estimate of drug-likeness (QED) is 0.297. The van der Waals surface area contributed by atoms with E-state index in [4.69, 9.17) is 28.4 Å². The topological polar surface area (TPSA) is 162 Å². The maximum atomic E-state index is 14.2. The number of Topliss-reactive ketones (excluding diaryl/α,β-unsaturated/α-hetero) is 1. The molecule has 3 aliphatic rings. The fourth-order valence-electron chi connectivity index (χ4n) is 7.31. The number of ketones is 1. The highest BCUT2D eigenvalue weighted by atomic mass is 16.7. The normalized spacial score (nSPS) is 34.0. The Bertz CT molecular complexity index is 1750. The van der Waals surface area contributed by atoms with Gasteiger partial charge in [-0.15, -0.1) is 0 Å². The van der Waals surface area contributed by atoms with E-state index in [2.05, 4.69) is 5.32 Å². The second-order valence-corrected chi connectivity index (χ2v) is 13.8. The van der Waals surface area contributed by atoms with Gasteiger partial charge in [-0.1, -0.05) is 45.9 Å². The number of rotatable bonds is 3. The van der Waals surface area contributed by atoms with Crippen LogP contribution in [0.2, 0.25) is 0 Å². The summed E-state index contributed by atoms with van der Waals surface area (Å²) in [4.78, 5) is 26.4. The fraction of sp³-hybridized carbons (Fsp3) is 0.526. The molecular weight excluding hydrogens is 646 g/mol. The van der Waals surface area contributed by atoms with Gasteiger partial charge in [0.05, 0.1) is 48.3 Å². The number of carbonyl (C=O) groups excluding carboxylic acids is 2. The molecule has 5 rings (SSSR count). The fourth-order valence-corrected chi connectivity index (χ4v) is 7.31. The average molecular weight is 696 g/mol. The molecule has 3 aliphatic heterocycles. The molecular formula is C38H49NO11. The van der Waals surface area contributed by atoms with Gasteiger partial charge in [0.15, 0.2) is 12.0 Å². The lowest BCUT2D eigenvalue weighted by molar-refractivity contribution is -0.160. The van der Waals surface area contributed by atoms with Crippen LogP contribution >= 0.6 is 0 Å². The Morgan fingerprint density at radius 2 is 1.68 bits per heavy atom. The number of fused-ring (bicyclic) bond motifs is 2. The first-order valence-corrected chi connectivity index (χ1v) is 16.9. The van der Waals surface area contributed by atoms with Crippen molar-refractivity contribution >= 4 is 28.2 Å². The van der Waals surface area contributed by atoms with E-state index in [-0.39, 0.29) is 28.4 Å². The highest BCUT2D eigenvalue weighted by Crippen LogP contribution is 2.55. The van der Waals surface area contributed by atoms with E-state index in [1.807, 2.05) is 39.0 Å². The van der Waals surface area contributed by atoms with E-state index in [0.29, 0.717) is 28.1 Å². The Labute approximate surface area is 292 Å². The number of aliphatic hydroxyl groups excluding tert-OH is 2. The maximum Gasteiger partial charge on any atom is 0.312 e. The smallest absolute Gasteiger partial charge is 0.312 e. The molecule has 4 N–H and O–H groups in total. The Hall–Kier alpha value is -4.26. The first-order valence-electron chi connectivity index (χ1n) is 16.9. The number of aromatic hydroxyl groups is 1. The first-order chi connectivity index (χ1) is 23.6. The summed E-state index contributed by atoms with van der Waals surface area (Å²) in [6, 6.07) is 1.51. The minimum atomic E-state index is -1.82. The highest BCUT2D eigenvalue weighted by molar-refractivity contribution is 6.21. The van der Waals surface area contributed by atoms with Crippen molar-refractivity contribution in [3.63, 3.8) is 0 Å². The zero-order chi connectivity index (χ0) is 36.8. The highest BCUT2D eigenvalue weighted by Gasteiger charge is 2.50. The number of phenols is 1. The van der Waals surface area contributed by atoms with Crippen LogP contribution in [0.1, 0.15) is 64.4 Å². The molecule has 2 aromatic carbocycles. The summed E-state index contributed by atoms with van der Waals surface area (Å²) in [7, 11) is 2.98. The van der Waals surface area contributed by atoms with Crippen LogP contribution in [0.3, 0.4) is 0 Å². The van der Waals surface area contributed by atoms with E-state index >= 15 is 0 Å². The van der Waals surface area contributed by atoms with Gasteiger partial charge in [-0.2, -0.15) is 0 Å². The molecule has 2 aromatic rings. The second-order valence-electron chi connectivity index (χ2n) is 13.8. The SMILES string of the molecule is COc1c(C)c2c3c4c(O)cc5c(c14)OC(N5)C(C)=C/C=C/C(C)C(O)C(C)C(O)C(C)C(OC(C)=O)C(C)C(OC)/C=C/OC(C)(O2)C3=O. The lowest BCUT2D eigenvalue weighted by Gasteiger charge is -2.38. The summed E-state index contributed by atoms with van der Waals surface area (Å²) < 4.78 is 36.0. The Kier molecular flexibility index (Phi) is 10.5. The van der Waals surface area contributed by atoms with Crippen LogP contribution < -0.4 is 19.5 Å². The molecule has 12 nitrogen and oxygen atoms in total. The molecule has 0 amide bonds. The van der Waals surface area contributed by atoms with Crippen molar-refractivity contribution in [2.45, 2.75) is 91.8 Å². The molecule has 10 atom stereocenters. The third-order valence-corrected chi connectivity index (χ3v) is 10.3. The van der Waals surface area contributed by atoms with Crippen LogP contribution in [0, 0.1) is 30.6 Å². The van der Waals surface area contributed by atoms with E-state index in [1.54, 1.807) is 26.8 Å². The van der Waals surface area contributed by atoms with E-state index in [1.165, 1.54) is 40.4 Å². The molecule has 6 bridgehead atoms. The van der Waals surface area contributed by atoms with Gasteiger partial charge in [0, 0.05) is 61.6 Å². The van der Waals surface area contributed by atoms with Crippen LogP contribution in [-0.4, -0.2) is 77.7 Å². The van der Waals surface area contributed by atoms with Crippen LogP contribution in [0.15, 0.2) is 42.2 Å². The zero-order valence-corrected chi connectivity index (χ0v) is 30.3. The van der Waals surface area contributed by atoms with Gasteiger partial charge in [-0.3, -0.25) is 9.59 Å². The third kappa shape index (κ3) is 6.40. The van der Waals surface area contributed by atoms with Gasteiger partial charge >= 0.3 is 11.8 Å². The molecule has 0 saturated heterocycles. The number of hydrogen-bond acceptors (Lipinski definition) is 12. The molecule has 50 heavy (non-hydrogen) atoms. The zero-order valence-electron chi connectivity index (χ0n) is 30.3. The van der Waals surface area contributed by atoms with Gasteiger partial charge in [0.2, 0.25) is 0 Å². The largest absolute Gasteiger partial charge is 0.507 e. The molecule has 0 aliphatic carbocycles. The average Bonchev–Trinajstić information content (AvgIpc) is 3.62. The summed E-state index contributed by atoms with van der Waals surface area (Å²) in [5.41, 5.74) is 1.96. The number of hydrogen-bond donors (Lipinski definition) is 4. The van der Waals surface area contributed by atoms with Crippen molar-refractivity contribution in [2.24, 2.45) is 23.7 Å². The van der Waals surface area contributed by atoms with Crippen LogP contribution in [-0.2, 0) is 19.0 Å². The minimum absolute atomic E-state index is 0.131. The molecule has 12 heteroatoms. The number of ether oxygens (including phenoxy) is 6. The van der Waals surface area contributed by atoms with E-state index in [9.17, 15) is 24.9 Å². The van der Waals surface area contributed by atoms with Crippen molar-refractivity contribution in [3.8, 4) is 23.0 Å².